The molecule has 0 atom stereocenters. The summed E-state index contributed by atoms with van der Waals surface area (Å²) in [6.45, 7) is 6.15. The Kier molecular flexibility index (Phi) is 6.65. The maximum atomic E-state index is 13.3. The molecule has 0 aliphatic rings. The van der Waals surface area contributed by atoms with Crippen molar-refractivity contribution in [2.45, 2.75) is 20.3 Å². The molecule has 3 aromatic rings. The van der Waals surface area contributed by atoms with Crippen molar-refractivity contribution in [3.05, 3.63) is 53.6 Å². The summed E-state index contributed by atoms with van der Waals surface area (Å²) in [5, 5.41) is 0.752. The van der Waals surface area contributed by atoms with E-state index in [-0.39, 0.29) is 5.91 Å². The van der Waals surface area contributed by atoms with Crippen LogP contribution in [-0.4, -0.2) is 49.6 Å². The van der Waals surface area contributed by atoms with E-state index < -0.39 is 0 Å². The van der Waals surface area contributed by atoms with Crippen molar-refractivity contribution in [3.63, 3.8) is 0 Å². The number of amides is 1. The van der Waals surface area contributed by atoms with E-state index in [1.165, 1.54) is 0 Å². The van der Waals surface area contributed by atoms with Crippen LogP contribution < -0.4 is 9.64 Å². The molecule has 6 heteroatoms. The monoisotopic (exact) mass is 397 g/mol. The summed E-state index contributed by atoms with van der Waals surface area (Å²) >= 11 is 1.57. The Morgan fingerprint density at radius 3 is 2.50 bits per heavy atom. The summed E-state index contributed by atoms with van der Waals surface area (Å²) in [5.74, 6) is 0.743. The van der Waals surface area contributed by atoms with E-state index in [9.17, 15) is 4.79 Å². The van der Waals surface area contributed by atoms with Gasteiger partial charge in [0.25, 0.3) is 5.91 Å². The van der Waals surface area contributed by atoms with Crippen LogP contribution in [0.25, 0.3) is 10.2 Å². The van der Waals surface area contributed by atoms with Gasteiger partial charge in [-0.25, -0.2) is 4.98 Å². The number of ether oxygens (including phenoxy) is 1. The summed E-state index contributed by atoms with van der Waals surface area (Å²) in [6.07, 6.45) is 0.880. The zero-order chi connectivity index (χ0) is 20.1. The second-order valence-electron chi connectivity index (χ2n) is 6.99. The molecule has 0 saturated heterocycles. The molecule has 28 heavy (non-hydrogen) atoms. The number of carbonyl (C=O) groups excluding carboxylic acids is 1. The average molecular weight is 398 g/mol. The number of thiazole rings is 1. The minimum atomic E-state index is -0.0292. The largest absolute Gasteiger partial charge is 0.494 e. The van der Waals surface area contributed by atoms with Crippen LogP contribution in [0, 0.1) is 6.92 Å². The molecule has 1 amide bonds. The SMILES string of the molecule is CCOc1ccc(C(=O)N(CCCN(C)C)c2nc3c(C)cccc3s2)cc1. The minimum Gasteiger partial charge on any atom is -0.494 e. The summed E-state index contributed by atoms with van der Waals surface area (Å²) in [4.78, 5) is 22.0. The molecule has 5 nitrogen and oxygen atoms in total. The Hall–Kier alpha value is -2.44. The fourth-order valence-corrected chi connectivity index (χ4v) is 4.10. The smallest absolute Gasteiger partial charge is 0.260 e. The zero-order valence-electron chi connectivity index (χ0n) is 16.9. The highest BCUT2D eigenvalue weighted by Gasteiger charge is 2.21. The molecule has 1 aromatic heterocycles. The van der Waals surface area contributed by atoms with E-state index in [2.05, 4.69) is 24.0 Å². The summed E-state index contributed by atoms with van der Waals surface area (Å²) in [7, 11) is 4.08. The molecule has 0 aliphatic carbocycles. The van der Waals surface area contributed by atoms with Crippen LogP contribution in [0.15, 0.2) is 42.5 Å². The number of aryl methyl sites for hydroxylation is 1. The number of hydrogen-bond donors (Lipinski definition) is 0. The molecule has 3 rings (SSSR count). The van der Waals surface area contributed by atoms with Gasteiger partial charge in [0.1, 0.15) is 5.75 Å². The molecule has 0 bridgehead atoms. The molecular formula is C22H27N3O2S. The van der Waals surface area contributed by atoms with Crippen LogP contribution in [0.1, 0.15) is 29.3 Å². The number of rotatable bonds is 8. The minimum absolute atomic E-state index is 0.0292. The normalized spacial score (nSPS) is 11.2. The first kappa shape index (κ1) is 20.3. The highest BCUT2D eigenvalue weighted by atomic mass is 32.1. The molecule has 0 aliphatic heterocycles. The van der Waals surface area contributed by atoms with Gasteiger partial charge in [0.15, 0.2) is 5.13 Å². The molecule has 0 radical (unpaired) electrons. The van der Waals surface area contributed by atoms with Gasteiger partial charge >= 0.3 is 0 Å². The molecule has 0 unspecified atom stereocenters. The molecule has 2 aromatic carbocycles. The van der Waals surface area contributed by atoms with Crippen LogP contribution in [0.2, 0.25) is 0 Å². The third-order valence-corrected chi connectivity index (χ3v) is 5.53. The van der Waals surface area contributed by atoms with Crippen LogP contribution >= 0.6 is 11.3 Å². The fraction of sp³-hybridized carbons (Fsp3) is 0.364. The topological polar surface area (TPSA) is 45.7 Å². The Morgan fingerprint density at radius 1 is 1.11 bits per heavy atom. The Balaban J connectivity index is 1.90. The lowest BCUT2D eigenvalue weighted by Crippen LogP contribution is -2.33. The van der Waals surface area contributed by atoms with Crippen molar-refractivity contribution < 1.29 is 9.53 Å². The first-order valence-corrected chi connectivity index (χ1v) is 10.4. The van der Waals surface area contributed by atoms with Crippen molar-refractivity contribution in [2.24, 2.45) is 0 Å². The Bertz CT molecular complexity index is 935. The van der Waals surface area contributed by atoms with E-state index in [0.29, 0.717) is 18.7 Å². The number of carbonyl (C=O) groups is 1. The highest BCUT2D eigenvalue weighted by molar-refractivity contribution is 7.22. The van der Waals surface area contributed by atoms with Crippen molar-refractivity contribution in [1.82, 2.24) is 9.88 Å². The number of anilines is 1. The lowest BCUT2D eigenvalue weighted by atomic mass is 10.2. The van der Waals surface area contributed by atoms with Gasteiger partial charge in [-0.2, -0.15) is 0 Å². The van der Waals surface area contributed by atoms with Crippen molar-refractivity contribution in [3.8, 4) is 5.75 Å². The van der Waals surface area contributed by atoms with Gasteiger partial charge in [0.05, 0.1) is 16.8 Å². The van der Waals surface area contributed by atoms with Crippen molar-refractivity contribution >= 4 is 32.6 Å². The van der Waals surface area contributed by atoms with Gasteiger partial charge in [0.2, 0.25) is 0 Å². The van der Waals surface area contributed by atoms with Crippen molar-refractivity contribution in [2.75, 3.05) is 38.7 Å². The molecular weight excluding hydrogens is 370 g/mol. The molecule has 148 valence electrons. The summed E-state index contributed by atoms with van der Waals surface area (Å²) < 4.78 is 6.59. The number of aromatic nitrogens is 1. The molecule has 0 saturated carbocycles. The summed E-state index contributed by atoms with van der Waals surface area (Å²) in [6, 6.07) is 13.5. The Labute approximate surface area is 170 Å². The standard InChI is InChI=1S/C22H27N3O2S/c1-5-27-18-12-10-17(11-13-18)21(26)25(15-7-14-24(3)4)22-23-20-16(2)8-6-9-19(20)28-22/h6,8-13H,5,7,14-15H2,1-4H3. The van der Waals surface area contributed by atoms with Gasteiger partial charge in [-0.15, -0.1) is 0 Å². The first-order chi connectivity index (χ1) is 13.5. The second-order valence-corrected chi connectivity index (χ2v) is 8.00. The van der Waals surface area contributed by atoms with Gasteiger partial charge in [-0.1, -0.05) is 23.5 Å². The lowest BCUT2D eigenvalue weighted by Gasteiger charge is -2.21. The van der Waals surface area contributed by atoms with Crippen LogP contribution in [0.4, 0.5) is 5.13 Å². The van der Waals surface area contributed by atoms with Crippen LogP contribution in [0.3, 0.4) is 0 Å². The van der Waals surface area contributed by atoms with Crippen molar-refractivity contribution in [1.29, 1.82) is 0 Å². The van der Waals surface area contributed by atoms with E-state index >= 15 is 0 Å². The van der Waals surface area contributed by atoms with E-state index in [1.807, 2.05) is 56.3 Å². The van der Waals surface area contributed by atoms with E-state index in [4.69, 9.17) is 9.72 Å². The van der Waals surface area contributed by atoms with E-state index in [1.54, 1.807) is 11.3 Å². The number of fused-ring (bicyclic) bond motifs is 1. The zero-order valence-corrected chi connectivity index (χ0v) is 17.8. The molecule has 0 spiro atoms. The first-order valence-electron chi connectivity index (χ1n) is 9.55. The molecule has 1 heterocycles. The third-order valence-electron chi connectivity index (χ3n) is 4.48. The summed E-state index contributed by atoms with van der Waals surface area (Å²) in [5.41, 5.74) is 2.74. The molecule has 0 N–H and O–H groups in total. The predicted molar refractivity (Wildman–Crippen MR) is 117 cm³/mol. The quantitative estimate of drug-likeness (QED) is 0.557. The average Bonchev–Trinajstić information content (AvgIpc) is 3.11. The lowest BCUT2D eigenvalue weighted by molar-refractivity contribution is 0.0986. The highest BCUT2D eigenvalue weighted by Crippen LogP contribution is 2.31. The fourth-order valence-electron chi connectivity index (χ4n) is 3.04. The van der Waals surface area contributed by atoms with Gasteiger partial charge in [0, 0.05) is 12.1 Å². The molecule has 0 fully saturated rings. The number of benzene rings is 2. The maximum absolute atomic E-state index is 13.3. The van der Waals surface area contributed by atoms with Crippen LogP contribution in [-0.2, 0) is 0 Å². The number of para-hydroxylation sites is 1. The van der Waals surface area contributed by atoms with Gasteiger partial charge < -0.3 is 9.64 Å². The number of nitrogens with zero attached hydrogens (tertiary/aromatic N) is 3. The third kappa shape index (κ3) is 4.69. The Morgan fingerprint density at radius 2 is 1.86 bits per heavy atom. The van der Waals surface area contributed by atoms with Gasteiger partial charge in [-0.3, -0.25) is 9.69 Å². The second kappa shape index (κ2) is 9.17. The maximum Gasteiger partial charge on any atom is 0.260 e. The van der Waals surface area contributed by atoms with Crippen LogP contribution in [0.5, 0.6) is 5.75 Å². The van der Waals surface area contributed by atoms with E-state index in [0.717, 1.165) is 39.6 Å². The number of hydrogen-bond acceptors (Lipinski definition) is 5. The predicted octanol–water partition coefficient (Wildman–Crippen LogP) is 4.60. The van der Waals surface area contributed by atoms with Gasteiger partial charge in [-0.05, 0) is 76.8 Å².